The van der Waals surface area contributed by atoms with Gasteiger partial charge in [0.25, 0.3) is 0 Å². The van der Waals surface area contributed by atoms with Gasteiger partial charge >= 0.3 is 0 Å². The molecule has 0 saturated heterocycles. The Morgan fingerprint density at radius 2 is 1.59 bits per heavy atom. The fourth-order valence-corrected chi connectivity index (χ4v) is 3.19. The monoisotopic (exact) mass is 384 g/mol. The van der Waals surface area contributed by atoms with Crippen molar-refractivity contribution in [2.24, 2.45) is 4.99 Å². The summed E-state index contributed by atoms with van der Waals surface area (Å²) in [5.74, 6) is -0.169. The number of rotatable bonds is 6. The normalized spacial score (nSPS) is 11.6. The van der Waals surface area contributed by atoms with E-state index in [1.54, 1.807) is 6.21 Å². The second-order valence-corrected chi connectivity index (χ2v) is 6.78. The average molecular weight is 384 g/mol. The van der Waals surface area contributed by atoms with Gasteiger partial charge in [-0.1, -0.05) is 72.8 Å². The van der Waals surface area contributed by atoms with Crippen LogP contribution in [0, 0.1) is 13.8 Å². The molecule has 0 radical (unpaired) electrons. The largest absolute Gasteiger partial charge is 0.515 e. The number of para-hydroxylation sites is 1. The molecular weight excluding hydrogens is 360 g/mol. The summed E-state index contributed by atoms with van der Waals surface area (Å²) in [6, 6.07) is 23.2. The van der Waals surface area contributed by atoms with Gasteiger partial charge in [0.2, 0.25) is 5.91 Å². The first-order valence-electron chi connectivity index (χ1n) is 9.45. The van der Waals surface area contributed by atoms with E-state index in [0.717, 1.165) is 39.8 Å². The summed E-state index contributed by atoms with van der Waals surface area (Å²) in [6.07, 6.45) is 2.78. The molecule has 0 unspecified atom stereocenters. The van der Waals surface area contributed by atoms with E-state index in [9.17, 15) is 9.90 Å². The van der Waals surface area contributed by atoms with E-state index in [1.807, 2.05) is 86.6 Å². The Morgan fingerprint density at radius 3 is 2.28 bits per heavy atom. The maximum absolute atomic E-state index is 12.3. The molecular formula is C25H24N2O2. The minimum atomic E-state index is -0.169. The van der Waals surface area contributed by atoms with E-state index < -0.39 is 0 Å². The zero-order valence-corrected chi connectivity index (χ0v) is 16.6. The quantitative estimate of drug-likeness (QED) is 0.447. The van der Waals surface area contributed by atoms with Crippen molar-refractivity contribution in [3.63, 3.8) is 0 Å². The van der Waals surface area contributed by atoms with Gasteiger partial charge < -0.3 is 10.4 Å². The van der Waals surface area contributed by atoms with E-state index in [0.29, 0.717) is 5.57 Å². The molecule has 2 N–H and O–H groups in total. The number of aliphatic hydroxyl groups excluding tert-OH is 1. The molecule has 1 amide bonds. The van der Waals surface area contributed by atoms with Crippen LogP contribution in [0.5, 0.6) is 0 Å². The highest BCUT2D eigenvalue weighted by Crippen LogP contribution is 2.25. The molecule has 3 aromatic carbocycles. The number of benzene rings is 3. The highest BCUT2D eigenvalue weighted by molar-refractivity contribution is 5.96. The number of nitrogens with zero attached hydrogens (tertiary/aromatic N) is 1. The van der Waals surface area contributed by atoms with Gasteiger partial charge in [-0.05, 0) is 36.1 Å². The summed E-state index contributed by atoms with van der Waals surface area (Å²) in [5.41, 5.74) is 6.16. The molecule has 3 rings (SSSR count). The Morgan fingerprint density at radius 1 is 0.931 bits per heavy atom. The molecule has 3 aromatic rings. The van der Waals surface area contributed by atoms with Crippen LogP contribution in [0.1, 0.15) is 27.8 Å². The van der Waals surface area contributed by atoms with Crippen LogP contribution in [-0.2, 0) is 4.79 Å². The summed E-state index contributed by atoms with van der Waals surface area (Å²) in [4.78, 5) is 16.6. The van der Waals surface area contributed by atoms with Gasteiger partial charge in [-0.15, -0.1) is 0 Å². The van der Waals surface area contributed by atoms with E-state index in [2.05, 4.69) is 10.3 Å². The van der Waals surface area contributed by atoms with Gasteiger partial charge in [-0.25, -0.2) is 0 Å². The maximum atomic E-state index is 12.3. The number of carbonyl (C=O) groups excluding carboxylic acids is 1. The first-order chi connectivity index (χ1) is 14.1. The fraction of sp³-hybridized carbons (Fsp3) is 0.120. The Labute approximate surface area is 171 Å². The number of carbonyl (C=O) groups is 1. The molecule has 0 aliphatic rings. The predicted octanol–water partition coefficient (Wildman–Crippen LogP) is 5.31. The molecule has 0 aliphatic heterocycles. The van der Waals surface area contributed by atoms with E-state index >= 15 is 0 Å². The second kappa shape index (κ2) is 9.51. The zero-order chi connectivity index (χ0) is 20.6. The lowest BCUT2D eigenvalue weighted by Gasteiger charge is -2.11. The first-order valence-corrected chi connectivity index (χ1v) is 9.45. The lowest BCUT2D eigenvalue weighted by molar-refractivity contribution is -0.114. The summed E-state index contributed by atoms with van der Waals surface area (Å²) >= 11 is 0. The molecule has 4 heteroatoms. The lowest BCUT2D eigenvalue weighted by Crippen LogP contribution is -2.16. The van der Waals surface area contributed by atoms with Crippen LogP contribution in [-0.4, -0.2) is 23.8 Å². The molecule has 0 aliphatic carbocycles. The Hall–Kier alpha value is -3.66. The number of hydrogen-bond acceptors (Lipinski definition) is 3. The van der Waals surface area contributed by atoms with Gasteiger partial charge in [0, 0.05) is 23.0 Å². The van der Waals surface area contributed by atoms with Crippen molar-refractivity contribution in [2.75, 3.05) is 11.9 Å². The molecule has 4 nitrogen and oxygen atoms in total. The summed E-state index contributed by atoms with van der Waals surface area (Å²) in [6.45, 7) is 3.95. The van der Waals surface area contributed by atoms with Crippen LogP contribution in [0.4, 0.5) is 5.69 Å². The van der Waals surface area contributed by atoms with Crippen molar-refractivity contribution < 1.29 is 9.90 Å². The summed E-state index contributed by atoms with van der Waals surface area (Å²) < 4.78 is 0. The highest BCUT2D eigenvalue weighted by atomic mass is 16.2. The SMILES string of the molecule is Cc1cccc(C)c1NC(=O)CN=Cc1ccccc1/C(=C\O)c1ccccc1. The van der Waals surface area contributed by atoms with Crippen molar-refractivity contribution in [3.05, 3.63) is 107 Å². The third kappa shape index (κ3) is 4.99. The molecule has 0 bridgehead atoms. The number of aliphatic imine (C=N–C) groups is 1. The molecule has 0 heterocycles. The molecule has 0 fully saturated rings. The number of aliphatic hydroxyl groups is 1. The highest BCUT2D eigenvalue weighted by Gasteiger charge is 2.09. The summed E-state index contributed by atoms with van der Waals surface area (Å²) in [5, 5.41) is 12.8. The molecule has 29 heavy (non-hydrogen) atoms. The lowest BCUT2D eigenvalue weighted by atomic mass is 9.95. The Bertz CT molecular complexity index is 1030. The average Bonchev–Trinajstić information content (AvgIpc) is 2.73. The minimum Gasteiger partial charge on any atom is -0.515 e. The van der Waals surface area contributed by atoms with E-state index in [-0.39, 0.29) is 12.5 Å². The molecule has 0 aromatic heterocycles. The maximum Gasteiger partial charge on any atom is 0.246 e. The molecule has 0 atom stereocenters. The smallest absolute Gasteiger partial charge is 0.246 e. The number of amides is 1. The standard InChI is InChI=1S/C25H24N2O2/c1-18-9-8-10-19(2)25(18)27-24(29)16-26-15-21-13-6-7-14-22(21)23(17-28)20-11-4-3-5-12-20/h3-15,17,28H,16H2,1-2H3,(H,27,29)/b23-17-,26-15?. The van der Waals surface area contributed by atoms with Gasteiger partial charge in [-0.3, -0.25) is 9.79 Å². The van der Waals surface area contributed by atoms with Gasteiger partial charge in [0.15, 0.2) is 0 Å². The van der Waals surface area contributed by atoms with Crippen molar-refractivity contribution in [2.45, 2.75) is 13.8 Å². The summed E-state index contributed by atoms with van der Waals surface area (Å²) in [7, 11) is 0. The van der Waals surface area contributed by atoms with Crippen LogP contribution in [0.25, 0.3) is 5.57 Å². The van der Waals surface area contributed by atoms with Crippen LogP contribution < -0.4 is 5.32 Å². The number of hydrogen-bond donors (Lipinski definition) is 2. The van der Waals surface area contributed by atoms with Crippen LogP contribution in [0.3, 0.4) is 0 Å². The van der Waals surface area contributed by atoms with Crippen LogP contribution in [0.15, 0.2) is 84.1 Å². The number of anilines is 1. The van der Waals surface area contributed by atoms with Crippen molar-refractivity contribution in [1.29, 1.82) is 0 Å². The van der Waals surface area contributed by atoms with Gasteiger partial charge in [0.05, 0.1) is 6.26 Å². The molecule has 0 saturated carbocycles. The third-order valence-corrected chi connectivity index (χ3v) is 4.68. The topological polar surface area (TPSA) is 61.7 Å². The Kier molecular flexibility index (Phi) is 6.59. The van der Waals surface area contributed by atoms with E-state index in [1.165, 1.54) is 0 Å². The second-order valence-electron chi connectivity index (χ2n) is 6.78. The van der Waals surface area contributed by atoms with Gasteiger partial charge in [0.1, 0.15) is 6.54 Å². The van der Waals surface area contributed by atoms with Crippen molar-refractivity contribution in [3.8, 4) is 0 Å². The minimum absolute atomic E-state index is 0.0195. The van der Waals surface area contributed by atoms with Crippen molar-refractivity contribution >= 4 is 23.4 Å². The molecule has 146 valence electrons. The predicted molar refractivity (Wildman–Crippen MR) is 120 cm³/mol. The zero-order valence-electron chi connectivity index (χ0n) is 16.6. The van der Waals surface area contributed by atoms with Crippen LogP contribution in [0.2, 0.25) is 0 Å². The number of aryl methyl sites for hydroxylation is 2. The fourth-order valence-electron chi connectivity index (χ4n) is 3.19. The van der Waals surface area contributed by atoms with Crippen LogP contribution >= 0.6 is 0 Å². The Balaban J connectivity index is 1.76. The van der Waals surface area contributed by atoms with Crippen molar-refractivity contribution in [1.82, 2.24) is 0 Å². The van der Waals surface area contributed by atoms with E-state index in [4.69, 9.17) is 0 Å². The first kappa shape index (κ1) is 20.1. The third-order valence-electron chi connectivity index (χ3n) is 4.68. The molecule has 0 spiro atoms. The van der Waals surface area contributed by atoms with Gasteiger partial charge in [-0.2, -0.15) is 0 Å². The number of nitrogens with one attached hydrogen (secondary N) is 1.